The Kier molecular flexibility index (Phi) is 8.07. The van der Waals surface area contributed by atoms with Crippen molar-refractivity contribution >= 4 is 29.1 Å². The van der Waals surface area contributed by atoms with E-state index in [9.17, 15) is 14.4 Å². The van der Waals surface area contributed by atoms with Gasteiger partial charge < -0.3 is 15.5 Å². The number of nitrogens with one attached hydrogen (secondary N) is 2. The van der Waals surface area contributed by atoms with Crippen molar-refractivity contribution in [2.75, 3.05) is 13.1 Å². The molecule has 32 heavy (non-hydrogen) atoms. The number of thiophene rings is 1. The van der Waals surface area contributed by atoms with E-state index in [0.717, 1.165) is 5.56 Å². The van der Waals surface area contributed by atoms with Crippen LogP contribution in [0.25, 0.3) is 0 Å². The first-order valence-corrected chi connectivity index (χ1v) is 12.1. The Hall–Kier alpha value is -2.67. The summed E-state index contributed by atoms with van der Waals surface area (Å²) < 4.78 is 0. The Labute approximate surface area is 194 Å². The second-order valence-electron chi connectivity index (χ2n) is 8.97. The average Bonchev–Trinajstić information content (AvgIpc) is 3.32. The number of aryl methyl sites for hydroxylation is 1. The number of rotatable bonds is 7. The van der Waals surface area contributed by atoms with E-state index < -0.39 is 6.04 Å². The largest absolute Gasteiger partial charge is 0.352 e. The van der Waals surface area contributed by atoms with Crippen LogP contribution >= 0.6 is 11.3 Å². The fraction of sp³-hybridized carbons (Fsp3) is 0.480. The van der Waals surface area contributed by atoms with Gasteiger partial charge in [-0.2, -0.15) is 0 Å². The van der Waals surface area contributed by atoms with Gasteiger partial charge in [-0.05, 0) is 62.1 Å². The summed E-state index contributed by atoms with van der Waals surface area (Å²) in [4.78, 5) is 41.2. The summed E-state index contributed by atoms with van der Waals surface area (Å²) in [6.45, 7) is 9.19. The van der Waals surface area contributed by atoms with Crippen molar-refractivity contribution in [3.05, 3.63) is 57.8 Å². The van der Waals surface area contributed by atoms with Crippen molar-refractivity contribution in [2.24, 2.45) is 11.8 Å². The van der Waals surface area contributed by atoms with Gasteiger partial charge in [-0.15, -0.1) is 11.3 Å². The van der Waals surface area contributed by atoms with E-state index in [4.69, 9.17) is 0 Å². The van der Waals surface area contributed by atoms with E-state index in [1.165, 1.54) is 11.3 Å². The molecule has 7 heteroatoms. The van der Waals surface area contributed by atoms with Crippen LogP contribution in [0, 0.1) is 18.8 Å². The predicted molar refractivity (Wildman–Crippen MR) is 128 cm³/mol. The zero-order valence-electron chi connectivity index (χ0n) is 19.3. The average molecular weight is 456 g/mol. The van der Waals surface area contributed by atoms with E-state index in [0.29, 0.717) is 42.3 Å². The minimum Gasteiger partial charge on any atom is -0.352 e. The van der Waals surface area contributed by atoms with Gasteiger partial charge in [-0.1, -0.05) is 37.6 Å². The lowest BCUT2D eigenvalue weighted by molar-refractivity contribution is -0.125. The lowest BCUT2D eigenvalue weighted by Crippen LogP contribution is -2.55. The van der Waals surface area contributed by atoms with Crippen molar-refractivity contribution < 1.29 is 14.4 Å². The Morgan fingerprint density at radius 3 is 2.34 bits per heavy atom. The van der Waals surface area contributed by atoms with Crippen LogP contribution in [0.2, 0.25) is 0 Å². The second-order valence-corrected chi connectivity index (χ2v) is 9.92. The smallest absolute Gasteiger partial charge is 0.262 e. The first kappa shape index (κ1) is 24.0. The first-order valence-electron chi connectivity index (χ1n) is 11.3. The van der Waals surface area contributed by atoms with E-state index in [2.05, 4.69) is 24.5 Å². The number of nitrogens with zero attached hydrogens (tertiary/aromatic N) is 1. The highest BCUT2D eigenvalue weighted by molar-refractivity contribution is 7.12. The summed E-state index contributed by atoms with van der Waals surface area (Å²) >= 11 is 1.36. The lowest BCUT2D eigenvalue weighted by atomic mass is 9.88. The van der Waals surface area contributed by atoms with Crippen LogP contribution in [-0.2, 0) is 4.79 Å². The van der Waals surface area contributed by atoms with Gasteiger partial charge in [0.05, 0.1) is 4.88 Å². The van der Waals surface area contributed by atoms with Gasteiger partial charge in [0.2, 0.25) is 5.91 Å². The highest BCUT2D eigenvalue weighted by atomic mass is 32.1. The van der Waals surface area contributed by atoms with Gasteiger partial charge in [0.25, 0.3) is 11.8 Å². The zero-order valence-corrected chi connectivity index (χ0v) is 20.1. The molecule has 1 aliphatic rings. The van der Waals surface area contributed by atoms with Crippen molar-refractivity contribution in [1.29, 1.82) is 0 Å². The minimum atomic E-state index is -0.623. The molecular weight excluding hydrogens is 422 g/mol. The summed E-state index contributed by atoms with van der Waals surface area (Å²) in [7, 11) is 0. The fourth-order valence-corrected chi connectivity index (χ4v) is 4.52. The first-order chi connectivity index (χ1) is 15.3. The molecule has 2 atom stereocenters. The molecule has 1 aromatic carbocycles. The SMILES string of the molecule is Cc1cccc(C(=O)N2CCC([C@H](NC(=O)c3cccs3)C(=O)N[C@H](C)C(C)C)CC2)c1. The Bertz CT molecular complexity index is 934. The molecule has 3 rings (SSSR count). The molecule has 1 aliphatic heterocycles. The molecular formula is C25H33N3O3S. The Morgan fingerprint density at radius 1 is 1.03 bits per heavy atom. The number of amides is 3. The molecule has 6 nitrogen and oxygen atoms in total. The van der Waals surface area contributed by atoms with E-state index in [-0.39, 0.29) is 29.7 Å². The van der Waals surface area contributed by atoms with E-state index in [1.807, 2.05) is 54.5 Å². The molecule has 1 aromatic heterocycles. The van der Waals surface area contributed by atoms with Crippen LogP contribution in [0.1, 0.15) is 59.2 Å². The maximum atomic E-state index is 13.1. The standard InChI is InChI=1S/C25H33N3O3S/c1-16(2)18(4)26-24(30)22(27-23(29)21-9-6-14-32-21)19-10-12-28(13-11-19)25(31)20-8-5-7-17(3)15-20/h5-9,14-16,18-19,22H,10-13H2,1-4H3,(H,26,30)(H,27,29)/t18-,22+/m1/s1. The Balaban J connectivity index is 1.69. The van der Waals surface area contributed by atoms with Crippen molar-refractivity contribution in [2.45, 2.75) is 52.6 Å². The molecule has 1 saturated heterocycles. The molecule has 0 bridgehead atoms. The molecule has 2 N–H and O–H groups in total. The van der Waals surface area contributed by atoms with Gasteiger partial charge >= 0.3 is 0 Å². The number of hydrogen-bond acceptors (Lipinski definition) is 4. The van der Waals surface area contributed by atoms with Gasteiger partial charge in [0.1, 0.15) is 6.04 Å². The normalized spacial score (nSPS) is 16.5. The second kappa shape index (κ2) is 10.8. The van der Waals surface area contributed by atoms with Crippen molar-refractivity contribution in [1.82, 2.24) is 15.5 Å². The summed E-state index contributed by atoms with van der Waals surface area (Å²) in [6.07, 6.45) is 1.33. The minimum absolute atomic E-state index is 0.00614. The number of carbonyl (C=O) groups is 3. The highest BCUT2D eigenvalue weighted by Crippen LogP contribution is 2.24. The molecule has 2 aromatic rings. The zero-order chi connectivity index (χ0) is 23.3. The van der Waals surface area contributed by atoms with Crippen LogP contribution < -0.4 is 10.6 Å². The van der Waals surface area contributed by atoms with Gasteiger partial charge in [-0.3, -0.25) is 14.4 Å². The maximum Gasteiger partial charge on any atom is 0.262 e. The van der Waals surface area contributed by atoms with E-state index in [1.54, 1.807) is 6.07 Å². The maximum absolute atomic E-state index is 13.1. The number of hydrogen-bond donors (Lipinski definition) is 2. The number of carbonyl (C=O) groups excluding carboxylic acids is 3. The monoisotopic (exact) mass is 455 g/mol. The number of benzene rings is 1. The molecule has 2 heterocycles. The van der Waals surface area contributed by atoms with Gasteiger partial charge in [0.15, 0.2) is 0 Å². The quantitative estimate of drug-likeness (QED) is 0.665. The van der Waals surface area contributed by atoms with Gasteiger partial charge in [-0.25, -0.2) is 0 Å². The fourth-order valence-electron chi connectivity index (χ4n) is 3.89. The lowest BCUT2D eigenvalue weighted by Gasteiger charge is -2.36. The molecule has 3 amide bonds. The summed E-state index contributed by atoms with van der Waals surface area (Å²) in [5, 5.41) is 7.88. The van der Waals surface area contributed by atoms with Crippen molar-refractivity contribution in [3.63, 3.8) is 0 Å². The van der Waals surface area contributed by atoms with Crippen LogP contribution in [0.15, 0.2) is 41.8 Å². The van der Waals surface area contributed by atoms with Crippen molar-refractivity contribution in [3.8, 4) is 0 Å². The number of likely N-dealkylation sites (tertiary alicyclic amines) is 1. The summed E-state index contributed by atoms with van der Waals surface area (Å²) in [5.74, 6) is -0.0967. The highest BCUT2D eigenvalue weighted by Gasteiger charge is 2.35. The molecule has 0 radical (unpaired) electrons. The number of piperidine rings is 1. The van der Waals surface area contributed by atoms with Crippen LogP contribution in [0.3, 0.4) is 0 Å². The van der Waals surface area contributed by atoms with Gasteiger partial charge in [0, 0.05) is 24.7 Å². The van der Waals surface area contributed by atoms with E-state index >= 15 is 0 Å². The Morgan fingerprint density at radius 2 is 1.75 bits per heavy atom. The molecule has 0 spiro atoms. The topological polar surface area (TPSA) is 78.5 Å². The molecule has 1 fully saturated rings. The molecule has 0 unspecified atom stereocenters. The third-order valence-electron chi connectivity index (χ3n) is 6.25. The molecule has 0 saturated carbocycles. The van der Waals surface area contributed by atoms with Crippen LogP contribution in [-0.4, -0.2) is 47.8 Å². The third-order valence-corrected chi connectivity index (χ3v) is 7.12. The summed E-state index contributed by atoms with van der Waals surface area (Å²) in [6, 6.07) is 10.6. The summed E-state index contributed by atoms with van der Waals surface area (Å²) in [5.41, 5.74) is 1.74. The molecule has 172 valence electrons. The molecule has 0 aliphatic carbocycles. The third kappa shape index (κ3) is 5.97. The van der Waals surface area contributed by atoms with Crippen LogP contribution in [0.5, 0.6) is 0 Å². The predicted octanol–water partition coefficient (Wildman–Crippen LogP) is 3.87. The van der Waals surface area contributed by atoms with Crippen LogP contribution in [0.4, 0.5) is 0 Å².